The van der Waals surface area contributed by atoms with Gasteiger partial charge in [-0.15, -0.1) is 0 Å². The van der Waals surface area contributed by atoms with E-state index in [2.05, 4.69) is 18.7 Å². The third-order valence-corrected chi connectivity index (χ3v) is 3.53. The Bertz CT molecular complexity index is 440. The van der Waals surface area contributed by atoms with Gasteiger partial charge in [-0.3, -0.25) is 0 Å². The van der Waals surface area contributed by atoms with Gasteiger partial charge >= 0.3 is 5.97 Å². The van der Waals surface area contributed by atoms with E-state index in [0.29, 0.717) is 5.56 Å². The van der Waals surface area contributed by atoms with Crippen LogP contribution in [0.15, 0.2) is 18.2 Å². The average Bonchev–Trinajstić information content (AvgIpc) is 2.71. The Morgan fingerprint density at radius 2 is 2.22 bits per heavy atom. The fourth-order valence-corrected chi connectivity index (χ4v) is 2.50. The molecule has 1 aliphatic heterocycles. The molecule has 1 aromatic carbocycles. The van der Waals surface area contributed by atoms with Crippen LogP contribution >= 0.6 is 0 Å². The van der Waals surface area contributed by atoms with Gasteiger partial charge in [-0.05, 0) is 42.9 Å². The minimum atomic E-state index is -0.841. The van der Waals surface area contributed by atoms with Crippen LogP contribution in [0.2, 0.25) is 0 Å². The Hall–Kier alpha value is -1.51. The van der Waals surface area contributed by atoms with E-state index >= 15 is 0 Å². The SMILES string of the molecule is CC(C)CCCN1CCc2ccc(C(=O)O)cc21. The van der Waals surface area contributed by atoms with Gasteiger partial charge in [-0.2, -0.15) is 0 Å². The van der Waals surface area contributed by atoms with Crippen molar-refractivity contribution < 1.29 is 9.90 Å². The van der Waals surface area contributed by atoms with Gasteiger partial charge in [0.05, 0.1) is 5.56 Å². The second kappa shape index (κ2) is 5.42. The van der Waals surface area contributed by atoms with Crippen molar-refractivity contribution >= 4 is 11.7 Å². The number of carbonyl (C=O) groups is 1. The summed E-state index contributed by atoms with van der Waals surface area (Å²) in [7, 11) is 0. The molecule has 0 aromatic heterocycles. The lowest BCUT2D eigenvalue weighted by molar-refractivity contribution is 0.0697. The lowest BCUT2D eigenvalue weighted by atomic mass is 10.1. The van der Waals surface area contributed by atoms with E-state index in [0.717, 1.165) is 31.1 Å². The normalized spacial score (nSPS) is 14.1. The number of benzene rings is 1. The summed E-state index contributed by atoms with van der Waals surface area (Å²) >= 11 is 0. The smallest absolute Gasteiger partial charge is 0.335 e. The van der Waals surface area contributed by atoms with Crippen molar-refractivity contribution in [3.05, 3.63) is 29.3 Å². The molecule has 1 heterocycles. The molecule has 1 N–H and O–H groups in total. The molecule has 18 heavy (non-hydrogen) atoms. The first-order valence-electron chi connectivity index (χ1n) is 6.69. The number of nitrogens with zero attached hydrogens (tertiary/aromatic N) is 1. The minimum absolute atomic E-state index is 0.393. The number of anilines is 1. The second-order valence-corrected chi connectivity index (χ2v) is 5.42. The van der Waals surface area contributed by atoms with Crippen LogP contribution < -0.4 is 4.90 Å². The zero-order valence-electron chi connectivity index (χ0n) is 11.1. The van der Waals surface area contributed by atoms with E-state index in [4.69, 9.17) is 5.11 Å². The van der Waals surface area contributed by atoms with Crippen molar-refractivity contribution in [3.8, 4) is 0 Å². The van der Waals surface area contributed by atoms with Gasteiger partial charge in [0, 0.05) is 18.8 Å². The summed E-state index contributed by atoms with van der Waals surface area (Å²) in [5.74, 6) is -0.107. The van der Waals surface area contributed by atoms with E-state index in [1.165, 1.54) is 18.4 Å². The van der Waals surface area contributed by atoms with E-state index < -0.39 is 5.97 Å². The molecule has 1 aromatic rings. The number of fused-ring (bicyclic) bond motifs is 1. The predicted molar refractivity (Wildman–Crippen MR) is 73.4 cm³/mol. The molecule has 2 rings (SSSR count). The minimum Gasteiger partial charge on any atom is -0.478 e. The maximum absolute atomic E-state index is 11.0. The molecule has 3 heteroatoms. The quantitative estimate of drug-likeness (QED) is 0.868. The van der Waals surface area contributed by atoms with Crippen molar-refractivity contribution in [2.24, 2.45) is 5.92 Å². The molecule has 0 saturated carbocycles. The van der Waals surface area contributed by atoms with E-state index in [1.54, 1.807) is 6.07 Å². The number of carboxylic acids is 1. The molecule has 0 radical (unpaired) electrons. The third kappa shape index (κ3) is 2.84. The Morgan fingerprint density at radius 3 is 2.89 bits per heavy atom. The van der Waals surface area contributed by atoms with Crippen LogP contribution in [0, 0.1) is 5.92 Å². The van der Waals surface area contributed by atoms with Crippen LogP contribution in [-0.2, 0) is 6.42 Å². The molecular weight excluding hydrogens is 226 g/mol. The highest BCUT2D eigenvalue weighted by molar-refractivity contribution is 5.89. The maximum atomic E-state index is 11.0. The molecular formula is C15H21NO2. The molecule has 0 unspecified atom stereocenters. The molecule has 0 atom stereocenters. The third-order valence-electron chi connectivity index (χ3n) is 3.53. The number of hydrogen-bond acceptors (Lipinski definition) is 2. The topological polar surface area (TPSA) is 40.5 Å². The van der Waals surface area contributed by atoms with Crippen LogP contribution in [0.25, 0.3) is 0 Å². The zero-order valence-corrected chi connectivity index (χ0v) is 11.1. The van der Waals surface area contributed by atoms with Crippen LogP contribution in [0.3, 0.4) is 0 Å². The van der Waals surface area contributed by atoms with Gasteiger partial charge in [0.15, 0.2) is 0 Å². The van der Waals surface area contributed by atoms with Crippen molar-refractivity contribution in [1.29, 1.82) is 0 Å². The van der Waals surface area contributed by atoms with Gasteiger partial charge in [0.25, 0.3) is 0 Å². The van der Waals surface area contributed by atoms with Gasteiger partial charge in [0.2, 0.25) is 0 Å². The number of aromatic carboxylic acids is 1. The monoisotopic (exact) mass is 247 g/mol. The molecule has 98 valence electrons. The highest BCUT2D eigenvalue weighted by Crippen LogP contribution is 2.29. The summed E-state index contributed by atoms with van der Waals surface area (Å²) < 4.78 is 0. The van der Waals surface area contributed by atoms with Crippen molar-refractivity contribution in [1.82, 2.24) is 0 Å². The number of carboxylic acid groups (broad SMARTS) is 1. The lowest BCUT2D eigenvalue weighted by Crippen LogP contribution is -2.22. The Balaban J connectivity index is 2.06. The fourth-order valence-electron chi connectivity index (χ4n) is 2.50. The summed E-state index contributed by atoms with van der Waals surface area (Å²) in [4.78, 5) is 13.3. The molecule has 0 aliphatic carbocycles. The van der Waals surface area contributed by atoms with Crippen molar-refractivity contribution in [2.45, 2.75) is 33.1 Å². The van der Waals surface area contributed by atoms with Crippen LogP contribution in [-0.4, -0.2) is 24.2 Å². The standard InChI is InChI=1S/C15H21NO2/c1-11(2)4-3-8-16-9-7-12-5-6-13(15(17)18)10-14(12)16/h5-6,10-11H,3-4,7-9H2,1-2H3,(H,17,18). The largest absolute Gasteiger partial charge is 0.478 e. The zero-order chi connectivity index (χ0) is 13.1. The van der Waals surface area contributed by atoms with Gasteiger partial charge in [-0.1, -0.05) is 19.9 Å². The Morgan fingerprint density at radius 1 is 1.44 bits per heavy atom. The maximum Gasteiger partial charge on any atom is 0.335 e. The first-order chi connectivity index (χ1) is 8.58. The summed E-state index contributed by atoms with van der Waals surface area (Å²) in [6.07, 6.45) is 3.44. The molecule has 0 saturated heterocycles. The highest BCUT2D eigenvalue weighted by Gasteiger charge is 2.20. The number of rotatable bonds is 5. The summed E-state index contributed by atoms with van der Waals surface area (Å²) in [6.45, 7) is 6.53. The van der Waals surface area contributed by atoms with Crippen LogP contribution in [0.4, 0.5) is 5.69 Å². The summed E-state index contributed by atoms with van der Waals surface area (Å²) in [5, 5.41) is 9.03. The van der Waals surface area contributed by atoms with Gasteiger partial charge in [0.1, 0.15) is 0 Å². The molecule has 0 bridgehead atoms. The molecule has 1 aliphatic rings. The predicted octanol–water partition coefficient (Wildman–Crippen LogP) is 3.18. The highest BCUT2D eigenvalue weighted by atomic mass is 16.4. The summed E-state index contributed by atoms with van der Waals surface area (Å²) in [5.41, 5.74) is 2.80. The molecule has 0 spiro atoms. The Kier molecular flexibility index (Phi) is 3.90. The lowest BCUT2D eigenvalue weighted by Gasteiger charge is -2.20. The van der Waals surface area contributed by atoms with E-state index in [9.17, 15) is 4.79 Å². The average molecular weight is 247 g/mol. The second-order valence-electron chi connectivity index (χ2n) is 5.42. The first kappa shape index (κ1) is 12.9. The van der Waals surface area contributed by atoms with Gasteiger partial charge < -0.3 is 10.0 Å². The van der Waals surface area contributed by atoms with E-state index in [-0.39, 0.29) is 0 Å². The van der Waals surface area contributed by atoms with Crippen molar-refractivity contribution in [3.63, 3.8) is 0 Å². The van der Waals surface area contributed by atoms with Crippen LogP contribution in [0.5, 0.6) is 0 Å². The first-order valence-corrected chi connectivity index (χ1v) is 6.69. The van der Waals surface area contributed by atoms with E-state index in [1.807, 2.05) is 12.1 Å². The van der Waals surface area contributed by atoms with Crippen LogP contribution in [0.1, 0.15) is 42.6 Å². The molecule has 0 fully saturated rings. The fraction of sp³-hybridized carbons (Fsp3) is 0.533. The Labute approximate surface area is 108 Å². The summed E-state index contributed by atoms with van der Waals surface area (Å²) in [6, 6.07) is 5.49. The molecule has 3 nitrogen and oxygen atoms in total. The molecule has 0 amide bonds. The van der Waals surface area contributed by atoms with Crippen molar-refractivity contribution in [2.75, 3.05) is 18.0 Å². The number of hydrogen-bond donors (Lipinski definition) is 1. The van der Waals surface area contributed by atoms with Gasteiger partial charge in [-0.25, -0.2) is 4.79 Å².